The maximum Gasteiger partial charge on any atom is 0.253 e. The van der Waals surface area contributed by atoms with Gasteiger partial charge in [-0.25, -0.2) is 8.42 Å². The summed E-state index contributed by atoms with van der Waals surface area (Å²) in [5, 5.41) is 0. The standard InChI is InChI=1S/C24H31N3O4S/c1-25(19-21-8-3-4-11-23(21)26-12-5-2-6-13-26)24(28)20-9-7-10-22(18-20)32(29,30)27-14-16-31-17-15-27/h3-4,7-11,18H,2,5-6,12-17,19H2,1H3. The van der Waals surface area contributed by atoms with Crippen LogP contribution in [0.15, 0.2) is 53.4 Å². The summed E-state index contributed by atoms with van der Waals surface area (Å²) in [6, 6.07) is 14.6. The van der Waals surface area contributed by atoms with Crippen LogP contribution in [0.1, 0.15) is 35.2 Å². The van der Waals surface area contributed by atoms with Crippen LogP contribution < -0.4 is 4.90 Å². The highest BCUT2D eigenvalue weighted by Gasteiger charge is 2.27. The van der Waals surface area contributed by atoms with Gasteiger partial charge < -0.3 is 14.5 Å². The quantitative estimate of drug-likeness (QED) is 0.667. The molecule has 1 amide bonds. The zero-order valence-electron chi connectivity index (χ0n) is 18.6. The molecule has 2 aliphatic heterocycles. The van der Waals surface area contributed by atoms with Gasteiger partial charge in [0, 0.05) is 51.0 Å². The maximum absolute atomic E-state index is 13.2. The van der Waals surface area contributed by atoms with Crippen LogP contribution in [0, 0.1) is 0 Å². The van der Waals surface area contributed by atoms with Crippen molar-refractivity contribution in [3.63, 3.8) is 0 Å². The molecule has 0 saturated carbocycles. The van der Waals surface area contributed by atoms with Gasteiger partial charge in [0.15, 0.2) is 0 Å². The second-order valence-electron chi connectivity index (χ2n) is 8.38. The molecule has 2 heterocycles. The summed E-state index contributed by atoms with van der Waals surface area (Å²) in [6.45, 7) is 3.97. The monoisotopic (exact) mass is 457 g/mol. The van der Waals surface area contributed by atoms with Gasteiger partial charge in [0.2, 0.25) is 10.0 Å². The van der Waals surface area contributed by atoms with Crippen molar-refractivity contribution in [3.8, 4) is 0 Å². The topological polar surface area (TPSA) is 70.2 Å². The fraction of sp³-hybridized carbons (Fsp3) is 0.458. The number of carbonyl (C=O) groups excluding carboxylic acids is 1. The third-order valence-electron chi connectivity index (χ3n) is 6.13. The van der Waals surface area contributed by atoms with Crippen LogP contribution in [-0.4, -0.2) is 70.0 Å². The summed E-state index contributed by atoms with van der Waals surface area (Å²) in [4.78, 5) is 17.4. The molecule has 2 aromatic carbocycles. The number of morpholine rings is 1. The number of para-hydroxylation sites is 1. The van der Waals surface area contributed by atoms with E-state index >= 15 is 0 Å². The molecule has 0 unspecified atom stereocenters. The average molecular weight is 458 g/mol. The molecule has 172 valence electrons. The molecule has 0 atom stereocenters. The van der Waals surface area contributed by atoms with E-state index in [0.717, 1.165) is 18.7 Å². The summed E-state index contributed by atoms with van der Waals surface area (Å²) in [6.07, 6.45) is 3.64. The highest BCUT2D eigenvalue weighted by Crippen LogP contribution is 2.26. The molecule has 4 rings (SSSR count). The molecule has 2 aliphatic rings. The van der Waals surface area contributed by atoms with E-state index in [2.05, 4.69) is 17.0 Å². The number of hydrogen-bond donors (Lipinski definition) is 0. The molecule has 0 radical (unpaired) electrons. The molecule has 8 heteroatoms. The summed E-state index contributed by atoms with van der Waals surface area (Å²) in [5.41, 5.74) is 2.65. The Morgan fingerprint density at radius 1 is 0.969 bits per heavy atom. The Labute approximate surface area is 190 Å². The number of carbonyl (C=O) groups is 1. The van der Waals surface area contributed by atoms with Crippen molar-refractivity contribution < 1.29 is 17.9 Å². The second kappa shape index (κ2) is 10.0. The third-order valence-corrected chi connectivity index (χ3v) is 8.03. The zero-order valence-corrected chi connectivity index (χ0v) is 19.4. The number of sulfonamides is 1. The fourth-order valence-electron chi connectivity index (χ4n) is 4.36. The first-order chi connectivity index (χ1) is 15.5. The summed E-state index contributed by atoms with van der Waals surface area (Å²) >= 11 is 0. The highest BCUT2D eigenvalue weighted by molar-refractivity contribution is 7.89. The van der Waals surface area contributed by atoms with E-state index in [1.165, 1.54) is 35.3 Å². The SMILES string of the molecule is CN(Cc1ccccc1N1CCCCC1)C(=O)c1cccc(S(=O)(=O)N2CCOCC2)c1. The van der Waals surface area contributed by atoms with E-state index in [0.29, 0.717) is 38.4 Å². The van der Waals surface area contributed by atoms with Gasteiger partial charge in [0.1, 0.15) is 0 Å². The number of amides is 1. The van der Waals surface area contributed by atoms with Crippen molar-refractivity contribution in [2.75, 3.05) is 51.3 Å². The van der Waals surface area contributed by atoms with Crippen molar-refractivity contribution in [2.45, 2.75) is 30.7 Å². The molecule has 2 aromatic rings. The predicted molar refractivity (Wildman–Crippen MR) is 124 cm³/mol. The number of nitrogens with zero attached hydrogens (tertiary/aromatic N) is 3. The van der Waals surface area contributed by atoms with Crippen LogP contribution in [-0.2, 0) is 21.3 Å². The Balaban J connectivity index is 1.51. The number of hydrogen-bond acceptors (Lipinski definition) is 5. The van der Waals surface area contributed by atoms with Crippen molar-refractivity contribution in [2.24, 2.45) is 0 Å². The lowest BCUT2D eigenvalue weighted by Crippen LogP contribution is -2.40. The highest BCUT2D eigenvalue weighted by atomic mass is 32.2. The van der Waals surface area contributed by atoms with Gasteiger partial charge in [-0.3, -0.25) is 4.79 Å². The van der Waals surface area contributed by atoms with E-state index in [9.17, 15) is 13.2 Å². The number of benzene rings is 2. The van der Waals surface area contributed by atoms with Gasteiger partial charge in [-0.1, -0.05) is 24.3 Å². The van der Waals surface area contributed by atoms with Gasteiger partial charge >= 0.3 is 0 Å². The van der Waals surface area contributed by atoms with Crippen LogP contribution in [0.3, 0.4) is 0 Å². The minimum atomic E-state index is -3.65. The average Bonchev–Trinajstić information content (AvgIpc) is 2.85. The lowest BCUT2D eigenvalue weighted by atomic mass is 10.1. The van der Waals surface area contributed by atoms with E-state index < -0.39 is 10.0 Å². The Bertz CT molecular complexity index is 1040. The molecule has 2 fully saturated rings. The first-order valence-corrected chi connectivity index (χ1v) is 12.7. The molecular formula is C24H31N3O4S. The van der Waals surface area contributed by atoms with Crippen molar-refractivity contribution >= 4 is 21.6 Å². The van der Waals surface area contributed by atoms with E-state index in [1.807, 2.05) is 12.1 Å². The normalized spacial score (nSPS) is 17.8. The molecule has 0 aromatic heterocycles. The summed E-state index contributed by atoms with van der Waals surface area (Å²) < 4.78 is 32.6. The molecule has 0 N–H and O–H groups in total. The Hall–Kier alpha value is -2.42. The van der Waals surface area contributed by atoms with Crippen molar-refractivity contribution in [1.29, 1.82) is 0 Å². The Kier molecular flexibility index (Phi) is 7.13. The molecule has 7 nitrogen and oxygen atoms in total. The largest absolute Gasteiger partial charge is 0.379 e. The number of ether oxygens (including phenoxy) is 1. The number of rotatable bonds is 6. The van der Waals surface area contributed by atoms with Crippen LogP contribution in [0.2, 0.25) is 0 Å². The number of anilines is 1. The third kappa shape index (κ3) is 4.98. The van der Waals surface area contributed by atoms with Gasteiger partial charge in [0.05, 0.1) is 18.1 Å². The lowest BCUT2D eigenvalue weighted by Gasteiger charge is -2.31. The maximum atomic E-state index is 13.2. The first-order valence-electron chi connectivity index (χ1n) is 11.2. The molecular weight excluding hydrogens is 426 g/mol. The smallest absolute Gasteiger partial charge is 0.253 e. The zero-order chi connectivity index (χ0) is 22.6. The molecule has 0 aliphatic carbocycles. The molecule has 2 saturated heterocycles. The first kappa shape index (κ1) is 22.8. The van der Waals surface area contributed by atoms with E-state index in [4.69, 9.17) is 4.74 Å². The fourth-order valence-corrected chi connectivity index (χ4v) is 5.82. The summed E-state index contributed by atoms with van der Waals surface area (Å²) in [5.74, 6) is -0.197. The van der Waals surface area contributed by atoms with Gasteiger partial charge in [-0.05, 0) is 49.1 Å². The van der Waals surface area contributed by atoms with Gasteiger partial charge in [-0.15, -0.1) is 0 Å². The molecule has 0 bridgehead atoms. The van der Waals surface area contributed by atoms with Crippen molar-refractivity contribution in [3.05, 3.63) is 59.7 Å². The van der Waals surface area contributed by atoms with Crippen LogP contribution in [0.25, 0.3) is 0 Å². The van der Waals surface area contributed by atoms with Gasteiger partial charge in [0.25, 0.3) is 5.91 Å². The lowest BCUT2D eigenvalue weighted by molar-refractivity contribution is 0.0730. The summed E-state index contributed by atoms with van der Waals surface area (Å²) in [7, 11) is -1.89. The minimum Gasteiger partial charge on any atom is -0.379 e. The van der Waals surface area contributed by atoms with Crippen LogP contribution in [0.4, 0.5) is 5.69 Å². The van der Waals surface area contributed by atoms with Gasteiger partial charge in [-0.2, -0.15) is 4.31 Å². The van der Waals surface area contributed by atoms with Crippen LogP contribution >= 0.6 is 0 Å². The minimum absolute atomic E-state index is 0.146. The van der Waals surface area contributed by atoms with E-state index in [1.54, 1.807) is 30.1 Å². The number of piperidine rings is 1. The molecule has 0 spiro atoms. The second-order valence-corrected chi connectivity index (χ2v) is 10.3. The molecule has 32 heavy (non-hydrogen) atoms. The Morgan fingerprint density at radius 2 is 1.69 bits per heavy atom. The van der Waals surface area contributed by atoms with Crippen LogP contribution in [0.5, 0.6) is 0 Å². The Morgan fingerprint density at radius 3 is 2.44 bits per heavy atom. The van der Waals surface area contributed by atoms with E-state index in [-0.39, 0.29) is 10.8 Å². The predicted octanol–water partition coefficient (Wildman–Crippen LogP) is 2.97. The van der Waals surface area contributed by atoms with Crippen molar-refractivity contribution in [1.82, 2.24) is 9.21 Å².